The number of ether oxygens (including phenoxy) is 2. The number of likely N-dealkylation sites (tertiary alicyclic amines) is 1. The molecule has 5 rings (SSSR count). The Morgan fingerprint density at radius 2 is 1.28 bits per heavy atom. The molecular weight excluding hydrogens is 624 g/mol. The van der Waals surface area contributed by atoms with Gasteiger partial charge in [-0.1, -0.05) is 24.3 Å². The van der Waals surface area contributed by atoms with Crippen LogP contribution >= 0.6 is 0 Å². The molecule has 11 heteroatoms. The fourth-order valence-corrected chi connectivity index (χ4v) is 6.40. The predicted octanol–water partition coefficient (Wildman–Crippen LogP) is 8.36. The minimum absolute atomic E-state index is 0.0525. The smallest absolute Gasteiger partial charge is 0.416 e. The lowest BCUT2D eigenvalue weighted by molar-refractivity contribution is -0.138. The lowest BCUT2D eigenvalue weighted by Gasteiger charge is -2.39. The summed E-state index contributed by atoms with van der Waals surface area (Å²) in [7, 11) is 0. The molecule has 47 heavy (non-hydrogen) atoms. The van der Waals surface area contributed by atoms with Crippen LogP contribution in [0.25, 0.3) is 0 Å². The molecule has 1 amide bonds. The number of alkyl halides is 6. The zero-order chi connectivity index (χ0) is 33.8. The Kier molecular flexibility index (Phi) is 10.5. The van der Waals surface area contributed by atoms with E-state index in [1.807, 2.05) is 31.2 Å². The second-order valence-corrected chi connectivity index (χ2v) is 12.6. The van der Waals surface area contributed by atoms with Crippen LogP contribution in [0, 0.1) is 17.8 Å². The van der Waals surface area contributed by atoms with Crippen molar-refractivity contribution in [1.29, 1.82) is 0 Å². The normalized spacial score (nSPS) is 21.0. The van der Waals surface area contributed by atoms with Gasteiger partial charge in [-0.15, -0.1) is 0 Å². The van der Waals surface area contributed by atoms with Gasteiger partial charge >= 0.3 is 12.4 Å². The molecule has 4 atom stereocenters. The highest BCUT2D eigenvalue weighted by Crippen LogP contribution is 2.33. The fraction of sp³-hybridized carbons (Fsp3) is 0.444. The Hall–Kier alpha value is -4.02. The van der Waals surface area contributed by atoms with Crippen LogP contribution in [0.15, 0.2) is 72.8 Å². The summed E-state index contributed by atoms with van der Waals surface area (Å²) in [6.45, 7) is 2.85. The van der Waals surface area contributed by atoms with Crippen molar-refractivity contribution in [2.75, 3.05) is 26.3 Å². The Morgan fingerprint density at radius 3 is 1.70 bits per heavy atom. The molecule has 1 aliphatic carbocycles. The van der Waals surface area contributed by atoms with Crippen LogP contribution in [0.3, 0.4) is 0 Å². The average Bonchev–Trinajstić information content (AvgIpc) is 3.45. The molecule has 0 aromatic heterocycles. The summed E-state index contributed by atoms with van der Waals surface area (Å²) in [5.74, 6) is -0.0261. The molecule has 1 aliphatic heterocycles. The van der Waals surface area contributed by atoms with Crippen molar-refractivity contribution in [2.45, 2.75) is 57.3 Å². The number of hydrogen-bond acceptors (Lipinski definition) is 4. The first-order chi connectivity index (χ1) is 22.3. The standard InChI is InChI=1S/C36H37F6NO4/c1-23(27-7-5-24(6-8-27)18-28-3-2-4-33(28)44)34(45)43-19-25(21-46-31-13-9-29(10-14-31)35(37,38)39)17-26(20-43)22-47-32-15-11-30(12-16-32)36(40,41)42/h5-16,23,25-26,28H,2-4,17-22H2,1H3. The van der Waals surface area contributed by atoms with Gasteiger partial charge in [0.05, 0.1) is 30.3 Å². The second-order valence-electron chi connectivity index (χ2n) is 12.6. The lowest BCUT2D eigenvalue weighted by Crippen LogP contribution is -2.48. The molecule has 3 aromatic carbocycles. The number of piperidine rings is 1. The number of rotatable bonds is 10. The third-order valence-electron chi connectivity index (χ3n) is 9.03. The summed E-state index contributed by atoms with van der Waals surface area (Å²) in [5, 5.41) is 0. The highest BCUT2D eigenvalue weighted by Gasteiger charge is 2.34. The summed E-state index contributed by atoms with van der Waals surface area (Å²) in [5.41, 5.74) is 0.312. The summed E-state index contributed by atoms with van der Waals surface area (Å²) in [6.07, 6.45) is -5.20. The van der Waals surface area contributed by atoms with E-state index >= 15 is 0 Å². The summed E-state index contributed by atoms with van der Waals surface area (Å²) in [6, 6.07) is 16.6. The van der Waals surface area contributed by atoms with E-state index < -0.39 is 29.4 Å². The molecule has 1 saturated carbocycles. The monoisotopic (exact) mass is 661 g/mol. The highest BCUT2D eigenvalue weighted by atomic mass is 19.4. The molecule has 2 fully saturated rings. The van der Waals surface area contributed by atoms with Crippen LogP contribution in [-0.2, 0) is 28.4 Å². The van der Waals surface area contributed by atoms with Crippen molar-refractivity contribution in [3.05, 3.63) is 95.1 Å². The largest absolute Gasteiger partial charge is 0.493 e. The molecular formula is C36H37F6NO4. The van der Waals surface area contributed by atoms with E-state index in [4.69, 9.17) is 9.47 Å². The van der Waals surface area contributed by atoms with Crippen LogP contribution in [0.2, 0.25) is 0 Å². The van der Waals surface area contributed by atoms with E-state index in [1.54, 1.807) is 4.90 Å². The maximum Gasteiger partial charge on any atom is 0.416 e. The van der Waals surface area contributed by atoms with Crippen molar-refractivity contribution in [2.24, 2.45) is 17.8 Å². The maximum atomic E-state index is 13.8. The third-order valence-corrected chi connectivity index (χ3v) is 9.03. The minimum atomic E-state index is -4.46. The molecule has 0 spiro atoms. The van der Waals surface area contributed by atoms with Crippen LogP contribution in [0.5, 0.6) is 11.5 Å². The maximum absolute atomic E-state index is 13.8. The Balaban J connectivity index is 1.25. The first-order valence-corrected chi connectivity index (χ1v) is 15.8. The third kappa shape index (κ3) is 9.08. The summed E-state index contributed by atoms with van der Waals surface area (Å²) >= 11 is 0. The van der Waals surface area contributed by atoms with Crippen molar-refractivity contribution < 1.29 is 45.4 Å². The van der Waals surface area contributed by atoms with Crippen molar-refractivity contribution in [1.82, 2.24) is 4.90 Å². The van der Waals surface area contributed by atoms with Crippen LogP contribution in [0.4, 0.5) is 26.3 Å². The van der Waals surface area contributed by atoms with Crippen molar-refractivity contribution in [3.63, 3.8) is 0 Å². The number of benzene rings is 3. The first-order valence-electron chi connectivity index (χ1n) is 15.8. The van der Waals surface area contributed by atoms with Crippen LogP contribution < -0.4 is 9.47 Å². The number of carbonyl (C=O) groups is 2. The number of hydrogen-bond donors (Lipinski definition) is 0. The van der Waals surface area contributed by atoms with E-state index in [9.17, 15) is 35.9 Å². The van der Waals surface area contributed by atoms with E-state index in [1.165, 1.54) is 24.3 Å². The molecule has 0 bridgehead atoms. The molecule has 1 heterocycles. The fourth-order valence-electron chi connectivity index (χ4n) is 6.40. The molecule has 3 aromatic rings. The van der Waals surface area contributed by atoms with Gasteiger partial charge in [0.2, 0.25) is 5.91 Å². The lowest BCUT2D eigenvalue weighted by atomic mass is 9.88. The SMILES string of the molecule is CC(C(=O)N1CC(COc2ccc(C(F)(F)F)cc2)CC(COc2ccc(C(F)(F)F)cc2)C1)c1ccc(CC2CCCC2=O)cc1. The van der Waals surface area contributed by atoms with Gasteiger partial charge in [-0.3, -0.25) is 9.59 Å². The molecule has 0 N–H and O–H groups in total. The summed E-state index contributed by atoms with van der Waals surface area (Å²) < 4.78 is 89.5. The zero-order valence-corrected chi connectivity index (χ0v) is 25.9. The van der Waals surface area contributed by atoms with E-state index in [0.717, 1.165) is 48.2 Å². The van der Waals surface area contributed by atoms with Crippen LogP contribution in [0.1, 0.15) is 60.8 Å². The highest BCUT2D eigenvalue weighted by molar-refractivity contribution is 5.84. The van der Waals surface area contributed by atoms with Gasteiger partial charge in [0.15, 0.2) is 0 Å². The van der Waals surface area contributed by atoms with Gasteiger partial charge < -0.3 is 14.4 Å². The van der Waals surface area contributed by atoms with Gasteiger partial charge in [0, 0.05) is 37.3 Å². The van der Waals surface area contributed by atoms with Gasteiger partial charge in [0.25, 0.3) is 0 Å². The topological polar surface area (TPSA) is 55.8 Å². The van der Waals surface area contributed by atoms with Gasteiger partial charge in [0.1, 0.15) is 17.3 Å². The van der Waals surface area contributed by atoms with Gasteiger partial charge in [-0.2, -0.15) is 26.3 Å². The first kappa shape index (κ1) is 34.3. The molecule has 252 valence electrons. The number of carbonyl (C=O) groups excluding carboxylic acids is 2. The number of halogens is 6. The molecule has 2 aliphatic rings. The van der Waals surface area contributed by atoms with Crippen molar-refractivity contribution >= 4 is 11.7 Å². The number of ketones is 1. The number of amides is 1. The number of nitrogens with zero attached hydrogens (tertiary/aromatic N) is 1. The summed E-state index contributed by atoms with van der Waals surface area (Å²) in [4.78, 5) is 27.6. The van der Waals surface area contributed by atoms with Gasteiger partial charge in [-0.25, -0.2) is 0 Å². The van der Waals surface area contributed by atoms with E-state index in [2.05, 4.69) is 0 Å². The van der Waals surface area contributed by atoms with Crippen molar-refractivity contribution in [3.8, 4) is 11.5 Å². The molecule has 4 unspecified atom stereocenters. The molecule has 0 radical (unpaired) electrons. The van der Waals surface area contributed by atoms with Gasteiger partial charge in [-0.05, 0) is 92.3 Å². The Labute approximate surface area is 269 Å². The van der Waals surface area contributed by atoms with E-state index in [0.29, 0.717) is 38.1 Å². The molecule has 1 saturated heterocycles. The Morgan fingerprint density at radius 1 is 0.787 bits per heavy atom. The zero-order valence-electron chi connectivity index (χ0n) is 25.9. The molecule has 5 nitrogen and oxygen atoms in total. The Bertz CT molecular complexity index is 1430. The minimum Gasteiger partial charge on any atom is -0.493 e. The van der Waals surface area contributed by atoms with Crippen LogP contribution in [-0.4, -0.2) is 42.9 Å². The van der Waals surface area contributed by atoms with E-state index in [-0.39, 0.29) is 48.4 Å². The second kappa shape index (κ2) is 14.4. The average molecular weight is 662 g/mol. The quantitative estimate of drug-likeness (QED) is 0.205. The number of Topliss-reactive ketones (excluding diaryl/α,β-unsaturated/α-hetero) is 1. The predicted molar refractivity (Wildman–Crippen MR) is 163 cm³/mol.